The Labute approximate surface area is 158 Å². The maximum atomic E-state index is 13.8. The molecular weight excluding hydrogens is 365 g/mol. The van der Waals surface area contributed by atoms with E-state index in [1.54, 1.807) is 36.4 Å². The normalized spacial score (nSPS) is 10.6. The van der Waals surface area contributed by atoms with E-state index in [2.05, 4.69) is 15.5 Å². The highest BCUT2D eigenvalue weighted by Gasteiger charge is 2.17. The molecule has 8 heteroatoms. The van der Waals surface area contributed by atoms with Gasteiger partial charge in [-0.15, -0.1) is 10.2 Å². The molecular formula is C20H14FN3O4. The summed E-state index contributed by atoms with van der Waals surface area (Å²) >= 11 is 0. The molecule has 140 valence electrons. The van der Waals surface area contributed by atoms with E-state index in [-0.39, 0.29) is 23.1 Å². The average Bonchev–Trinajstić information content (AvgIpc) is 3.39. The van der Waals surface area contributed by atoms with E-state index in [9.17, 15) is 9.18 Å². The predicted molar refractivity (Wildman–Crippen MR) is 98.3 cm³/mol. The number of hydrogen-bond donors (Lipinski definition) is 1. The number of anilines is 1. The molecule has 1 amide bonds. The number of aromatic nitrogens is 2. The lowest BCUT2D eigenvalue weighted by Crippen LogP contribution is -2.13. The lowest BCUT2D eigenvalue weighted by molar-refractivity contribution is 0.102. The van der Waals surface area contributed by atoms with E-state index in [1.807, 2.05) is 0 Å². The number of ether oxygens (including phenoxy) is 1. The van der Waals surface area contributed by atoms with Gasteiger partial charge >= 0.3 is 0 Å². The third kappa shape index (κ3) is 3.35. The van der Waals surface area contributed by atoms with Gasteiger partial charge < -0.3 is 18.9 Å². The Balaban J connectivity index is 1.58. The van der Waals surface area contributed by atoms with Crippen LogP contribution in [-0.2, 0) is 0 Å². The van der Waals surface area contributed by atoms with Crippen molar-refractivity contribution in [2.75, 3.05) is 12.4 Å². The number of rotatable bonds is 5. The van der Waals surface area contributed by atoms with Crippen LogP contribution in [0, 0.1) is 5.82 Å². The van der Waals surface area contributed by atoms with Crippen LogP contribution in [-0.4, -0.2) is 23.2 Å². The summed E-state index contributed by atoms with van der Waals surface area (Å²) in [6.45, 7) is 0. The first-order valence-corrected chi connectivity index (χ1v) is 8.27. The second-order valence-electron chi connectivity index (χ2n) is 5.75. The van der Waals surface area contributed by atoms with Gasteiger partial charge in [0.25, 0.3) is 11.8 Å². The summed E-state index contributed by atoms with van der Waals surface area (Å²) < 4.78 is 29.6. The number of methoxy groups -OCH3 is 1. The van der Waals surface area contributed by atoms with Crippen LogP contribution >= 0.6 is 0 Å². The number of carbonyl (C=O) groups is 1. The summed E-state index contributed by atoms with van der Waals surface area (Å²) in [7, 11) is 1.31. The van der Waals surface area contributed by atoms with Crippen molar-refractivity contribution < 1.29 is 22.8 Å². The lowest BCUT2D eigenvalue weighted by Gasteiger charge is -2.10. The van der Waals surface area contributed by atoms with E-state index in [0.29, 0.717) is 17.0 Å². The van der Waals surface area contributed by atoms with Crippen molar-refractivity contribution in [2.24, 2.45) is 0 Å². The van der Waals surface area contributed by atoms with Gasteiger partial charge in [-0.05, 0) is 42.5 Å². The number of halogens is 1. The molecule has 0 aliphatic rings. The molecule has 2 aromatic heterocycles. The molecule has 0 atom stereocenters. The third-order valence-corrected chi connectivity index (χ3v) is 3.94. The standard InChI is InChI=1S/C20H14FN3O4/c1-26-17-14(7-3-8-15(17)21)18(25)22-13-6-2-5-12(11-13)19-23-24-20(28-19)16-9-4-10-27-16/h2-11H,1H3,(H,22,25). The number of para-hydroxylation sites is 1. The van der Waals surface area contributed by atoms with Crippen LogP contribution in [0.25, 0.3) is 23.1 Å². The number of nitrogens with zero attached hydrogens (tertiary/aromatic N) is 2. The summed E-state index contributed by atoms with van der Waals surface area (Å²) in [6.07, 6.45) is 1.51. The second-order valence-corrected chi connectivity index (χ2v) is 5.75. The molecule has 0 unspecified atom stereocenters. The van der Waals surface area contributed by atoms with Crippen LogP contribution in [0.3, 0.4) is 0 Å². The SMILES string of the molecule is COc1c(F)cccc1C(=O)Nc1cccc(-c2nnc(-c3ccco3)o2)c1. The predicted octanol–water partition coefficient (Wildman–Crippen LogP) is 4.40. The van der Waals surface area contributed by atoms with E-state index < -0.39 is 11.7 Å². The largest absolute Gasteiger partial charge is 0.493 e. The molecule has 0 bridgehead atoms. The fourth-order valence-corrected chi connectivity index (χ4v) is 2.66. The number of furan rings is 1. The minimum Gasteiger partial charge on any atom is -0.493 e. The van der Waals surface area contributed by atoms with Gasteiger partial charge in [-0.3, -0.25) is 4.79 Å². The average molecular weight is 379 g/mol. The van der Waals surface area contributed by atoms with E-state index in [0.717, 1.165) is 0 Å². The minimum absolute atomic E-state index is 0.0887. The van der Waals surface area contributed by atoms with Gasteiger partial charge in [-0.25, -0.2) is 4.39 Å². The third-order valence-electron chi connectivity index (χ3n) is 3.94. The highest BCUT2D eigenvalue weighted by Crippen LogP contribution is 2.27. The zero-order valence-electron chi connectivity index (χ0n) is 14.7. The van der Waals surface area contributed by atoms with Crippen LogP contribution in [0.15, 0.2) is 69.7 Å². The number of hydrogen-bond acceptors (Lipinski definition) is 6. The molecule has 7 nitrogen and oxygen atoms in total. The van der Waals surface area contributed by atoms with Gasteiger partial charge in [0, 0.05) is 11.3 Å². The summed E-state index contributed by atoms with van der Waals surface area (Å²) in [5.41, 5.74) is 1.17. The van der Waals surface area contributed by atoms with Gasteiger partial charge in [-0.2, -0.15) is 0 Å². The van der Waals surface area contributed by atoms with Crippen LogP contribution in [0.1, 0.15) is 10.4 Å². The first-order chi connectivity index (χ1) is 13.7. The monoisotopic (exact) mass is 379 g/mol. The molecule has 4 rings (SSSR count). The summed E-state index contributed by atoms with van der Waals surface area (Å²) in [4.78, 5) is 12.5. The molecule has 0 spiro atoms. The molecule has 1 N–H and O–H groups in total. The molecule has 0 fully saturated rings. The summed E-state index contributed by atoms with van der Waals surface area (Å²) in [5, 5.41) is 10.7. The van der Waals surface area contributed by atoms with Gasteiger partial charge in [0.1, 0.15) is 0 Å². The Kier molecular flexibility index (Phi) is 4.59. The number of carbonyl (C=O) groups excluding carboxylic acids is 1. The van der Waals surface area contributed by atoms with Gasteiger partial charge in [0.05, 0.1) is 18.9 Å². The van der Waals surface area contributed by atoms with Crippen molar-refractivity contribution in [2.45, 2.75) is 0 Å². The Morgan fingerprint density at radius 3 is 2.68 bits per heavy atom. The highest BCUT2D eigenvalue weighted by atomic mass is 19.1. The molecule has 0 aliphatic heterocycles. The fourth-order valence-electron chi connectivity index (χ4n) is 2.66. The van der Waals surface area contributed by atoms with Crippen molar-refractivity contribution in [3.8, 4) is 28.9 Å². The second kappa shape index (κ2) is 7.36. The van der Waals surface area contributed by atoms with Gasteiger partial charge in [0.2, 0.25) is 5.89 Å². The van der Waals surface area contributed by atoms with E-state index in [4.69, 9.17) is 13.6 Å². The zero-order chi connectivity index (χ0) is 19.5. The fraction of sp³-hybridized carbons (Fsp3) is 0.0500. The maximum absolute atomic E-state index is 13.8. The maximum Gasteiger partial charge on any atom is 0.283 e. The lowest BCUT2D eigenvalue weighted by atomic mass is 10.1. The molecule has 0 saturated carbocycles. The molecule has 0 radical (unpaired) electrons. The minimum atomic E-state index is -0.611. The molecule has 2 heterocycles. The first-order valence-electron chi connectivity index (χ1n) is 8.27. The quantitative estimate of drug-likeness (QED) is 0.553. The van der Waals surface area contributed by atoms with Crippen molar-refractivity contribution in [1.29, 1.82) is 0 Å². The number of amides is 1. The molecule has 4 aromatic rings. The number of nitrogens with one attached hydrogen (secondary N) is 1. The molecule has 2 aromatic carbocycles. The Hall–Kier alpha value is -3.94. The van der Waals surface area contributed by atoms with Crippen molar-refractivity contribution in [3.05, 3.63) is 72.2 Å². The van der Waals surface area contributed by atoms with Crippen molar-refractivity contribution in [1.82, 2.24) is 10.2 Å². The highest BCUT2D eigenvalue weighted by molar-refractivity contribution is 6.06. The smallest absolute Gasteiger partial charge is 0.283 e. The molecule has 0 aliphatic carbocycles. The van der Waals surface area contributed by atoms with Gasteiger partial charge in [0.15, 0.2) is 17.3 Å². The van der Waals surface area contributed by atoms with Crippen LogP contribution in [0.2, 0.25) is 0 Å². The molecule has 28 heavy (non-hydrogen) atoms. The van der Waals surface area contributed by atoms with Crippen molar-refractivity contribution >= 4 is 11.6 Å². The summed E-state index contributed by atoms with van der Waals surface area (Å²) in [6, 6.07) is 14.4. The van der Waals surface area contributed by atoms with Gasteiger partial charge in [-0.1, -0.05) is 12.1 Å². The number of benzene rings is 2. The van der Waals surface area contributed by atoms with Crippen LogP contribution in [0.5, 0.6) is 5.75 Å². The Morgan fingerprint density at radius 2 is 1.89 bits per heavy atom. The van der Waals surface area contributed by atoms with Crippen LogP contribution in [0.4, 0.5) is 10.1 Å². The van der Waals surface area contributed by atoms with Crippen molar-refractivity contribution in [3.63, 3.8) is 0 Å². The van der Waals surface area contributed by atoms with E-state index in [1.165, 1.54) is 31.6 Å². The Morgan fingerprint density at radius 1 is 1.07 bits per heavy atom. The van der Waals surface area contributed by atoms with E-state index >= 15 is 0 Å². The van der Waals surface area contributed by atoms with Crippen LogP contribution < -0.4 is 10.1 Å². The zero-order valence-corrected chi connectivity index (χ0v) is 14.7. The Bertz CT molecular complexity index is 1120. The first kappa shape index (κ1) is 17.5. The summed E-state index contributed by atoms with van der Waals surface area (Å²) in [5.74, 6) is -0.252. The molecule has 0 saturated heterocycles. The topological polar surface area (TPSA) is 90.4 Å².